The van der Waals surface area contributed by atoms with Crippen LogP contribution in [0.15, 0.2) is 0 Å². The summed E-state index contributed by atoms with van der Waals surface area (Å²) in [6.07, 6.45) is 2.18. The van der Waals surface area contributed by atoms with Gasteiger partial charge in [-0.2, -0.15) is 0 Å². The quantitative estimate of drug-likeness (QED) is 0.566. The smallest absolute Gasteiger partial charge is 0.245 e. The summed E-state index contributed by atoms with van der Waals surface area (Å²) in [7, 11) is -0.842. The molecule has 2 fully saturated rings. The van der Waals surface area contributed by atoms with Gasteiger partial charge < -0.3 is 18.4 Å². The first kappa shape index (κ1) is 13.7. The zero-order valence-electron chi connectivity index (χ0n) is 11.7. The number of likely N-dealkylation sites (N-methyl/N-ethyl adjacent to an activating group) is 1. The number of aliphatic hydroxyl groups is 1. The summed E-state index contributed by atoms with van der Waals surface area (Å²) in [5.41, 5.74) is -0.217. The van der Waals surface area contributed by atoms with E-state index in [4.69, 9.17) is 8.85 Å². The van der Waals surface area contributed by atoms with Crippen LogP contribution in [-0.4, -0.2) is 71.0 Å². The molecule has 2 aliphatic heterocycles. The Labute approximate surface area is 106 Å². The van der Waals surface area contributed by atoms with Crippen molar-refractivity contribution in [1.29, 1.82) is 0 Å². The molecule has 2 rings (SSSR count). The van der Waals surface area contributed by atoms with Gasteiger partial charge in [-0.1, -0.05) is 0 Å². The molecule has 2 heterocycles. The van der Waals surface area contributed by atoms with E-state index in [1.54, 1.807) is 0 Å². The predicted octanol–water partition coefficient (Wildman–Crippen LogP) is 0.713. The lowest BCUT2D eigenvalue weighted by atomic mass is 9.99. The van der Waals surface area contributed by atoms with Crippen molar-refractivity contribution in [3.8, 4) is 0 Å². The van der Waals surface area contributed by atoms with E-state index in [0.29, 0.717) is 13.2 Å². The van der Waals surface area contributed by atoms with Crippen LogP contribution in [0.25, 0.3) is 0 Å². The third kappa shape index (κ3) is 2.26. The monoisotopic (exact) mass is 276 g/mol. The van der Waals surface area contributed by atoms with Crippen molar-refractivity contribution in [2.75, 3.05) is 39.2 Å². The van der Waals surface area contributed by atoms with E-state index in [9.17, 15) is 5.11 Å². The summed E-state index contributed by atoms with van der Waals surface area (Å²) >= 11 is 0. The molecule has 0 saturated carbocycles. The summed E-state index contributed by atoms with van der Waals surface area (Å²) in [6, 6.07) is 0. The van der Waals surface area contributed by atoms with Crippen molar-refractivity contribution in [2.24, 2.45) is 0 Å². The van der Waals surface area contributed by atoms with Crippen molar-refractivity contribution < 1.29 is 18.4 Å². The molecule has 0 radical (unpaired) electrons. The zero-order valence-corrected chi connectivity index (χ0v) is 13.7. The Morgan fingerprint density at radius 1 is 1.06 bits per heavy atom. The zero-order chi connectivity index (χ0) is 12.9. The third-order valence-electron chi connectivity index (χ3n) is 4.36. The van der Waals surface area contributed by atoms with Gasteiger partial charge in [0.15, 0.2) is 5.54 Å². The summed E-state index contributed by atoms with van der Waals surface area (Å²) in [5.74, 6) is 0. The minimum Gasteiger partial charge on any atom is -0.404 e. The predicted molar refractivity (Wildman–Crippen MR) is 72.6 cm³/mol. The first-order valence-electron chi connectivity index (χ1n) is 6.37. The topological polar surface area (TPSA) is 38.7 Å². The maximum atomic E-state index is 9.84. The molecule has 6 heteroatoms. The second-order valence-corrected chi connectivity index (χ2v) is 15.4. The van der Waals surface area contributed by atoms with Crippen LogP contribution in [0.5, 0.6) is 0 Å². The first-order chi connectivity index (χ1) is 7.64. The highest BCUT2D eigenvalue weighted by atomic mass is 28.4. The van der Waals surface area contributed by atoms with E-state index in [-0.39, 0.29) is 12.1 Å². The molecule has 0 aromatic rings. The molecule has 100 valence electrons. The van der Waals surface area contributed by atoms with Gasteiger partial charge in [0.2, 0.25) is 16.6 Å². The lowest BCUT2D eigenvalue weighted by Gasteiger charge is -2.60. The molecule has 0 spiro atoms. The Bertz CT molecular complexity index is 298. The molecule has 0 bridgehead atoms. The Morgan fingerprint density at radius 2 is 1.47 bits per heavy atom. The van der Waals surface area contributed by atoms with Crippen LogP contribution in [0.3, 0.4) is 0 Å². The second-order valence-electron chi connectivity index (χ2n) is 7.19. The van der Waals surface area contributed by atoms with E-state index < -0.39 is 16.6 Å². The maximum absolute atomic E-state index is 9.84. The molecule has 17 heavy (non-hydrogen) atoms. The maximum Gasteiger partial charge on any atom is 0.245 e. The number of aliphatic hydroxyl groups excluding tert-OH is 1. The molecule has 2 aliphatic rings. The fourth-order valence-corrected chi connectivity index (χ4v) is 9.42. The number of hydrogen-bond donors (Lipinski definition) is 1. The van der Waals surface area contributed by atoms with E-state index in [1.165, 1.54) is 0 Å². The van der Waals surface area contributed by atoms with Gasteiger partial charge in [0, 0.05) is 0 Å². The molecule has 0 amide bonds. The standard InChI is InChI=1S/C11H26NO3Si2/c1-12-9-16(2,3)14-7-11(12,6-13)8-15-17(4,5)10-12/h13H,6-10H2,1-5H3/q+1. The van der Waals surface area contributed by atoms with E-state index in [1.807, 2.05) is 0 Å². The van der Waals surface area contributed by atoms with Crippen molar-refractivity contribution >= 4 is 16.6 Å². The van der Waals surface area contributed by atoms with Gasteiger partial charge >= 0.3 is 0 Å². The van der Waals surface area contributed by atoms with Gasteiger partial charge in [-0.05, 0) is 26.2 Å². The molecular formula is C11H26NO3Si2+. The summed E-state index contributed by atoms with van der Waals surface area (Å²) < 4.78 is 13.1. The van der Waals surface area contributed by atoms with Crippen LogP contribution in [0.2, 0.25) is 26.2 Å². The lowest BCUT2D eigenvalue weighted by molar-refractivity contribution is -0.952. The molecule has 0 unspecified atom stereocenters. The fraction of sp³-hybridized carbons (Fsp3) is 1.00. The average molecular weight is 277 g/mol. The van der Waals surface area contributed by atoms with Gasteiger partial charge in [-0.3, -0.25) is 0 Å². The molecule has 1 N–H and O–H groups in total. The third-order valence-corrected chi connectivity index (χ3v) is 9.13. The van der Waals surface area contributed by atoms with Crippen LogP contribution in [0, 0.1) is 0 Å². The van der Waals surface area contributed by atoms with Crippen LogP contribution >= 0.6 is 0 Å². The van der Waals surface area contributed by atoms with Crippen LogP contribution in [0.4, 0.5) is 0 Å². The van der Waals surface area contributed by atoms with E-state index >= 15 is 0 Å². The largest absolute Gasteiger partial charge is 0.404 e. The molecule has 0 aromatic carbocycles. The minimum atomic E-state index is -1.57. The van der Waals surface area contributed by atoms with Gasteiger partial charge in [-0.25, -0.2) is 0 Å². The molecule has 0 aliphatic carbocycles. The molecule has 0 atom stereocenters. The molecular weight excluding hydrogens is 250 g/mol. The second kappa shape index (κ2) is 3.88. The molecule has 0 aromatic heterocycles. The van der Waals surface area contributed by atoms with Crippen molar-refractivity contribution in [3.63, 3.8) is 0 Å². The number of quaternary nitrogens is 1. The van der Waals surface area contributed by atoms with Crippen LogP contribution in [-0.2, 0) is 8.85 Å². The van der Waals surface area contributed by atoms with E-state index in [2.05, 4.69) is 33.2 Å². The Morgan fingerprint density at radius 3 is 1.82 bits per heavy atom. The highest BCUT2D eigenvalue weighted by molar-refractivity contribution is 6.72. The van der Waals surface area contributed by atoms with Gasteiger partial charge in [0.05, 0.1) is 32.6 Å². The van der Waals surface area contributed by atoms with E-state index in [0.717, 1.165) is 16.8 Å². The van der Waals surface area contributed by atoms with Crippen LogP contribution in [0.1, 0.15) is 0 Å². The minimum absolute atomic E-state index is 0.165. The van der Waals surface area contributed by atoms with Gasteiger partial charge in [0.25, 0.3) is 0 Å². The summed E-state index contributed by atoms with van der Waals surface area (Å²) in [4.78, 5) is 0. The highest BCUT2D eigenvalue weighted by Crippen LogP contribution is 2.38. The first-order valence-corrected chi connectivity index (χ1v) is 12.6. The summed E-state index contributed by atoms with van der Waals surface area (Å²) in [6.45, 7) is 10.6. The van der Waals surface area contributed by atoms with Gasteiger partial charge in [-0.15, -0.1) is 0 Å². The number of nitrogens with zero attached hydrogens (tertiary/aromatic N) is 1. The Kier molecular flexibility index (Phi) is 3.13. The van der Waals surface area contributed by atoms with Crippen molar-refractivity contribution in [2.45, 2.75) is 31.7 Å². The Balaban J connectivity index is 2.33. The fourth-order valence-electron chi connectivity index (χ4n) is 3.44. The summed E-state index contributed by atoms with van der Waals surface area (Å²) in [5, 5.41) is 9.84. The average Bonchev–Trinajstić information content (AvgIpc) is 2.13. The lowest BCUT2D eigenvalue weighted by Crippen LogP contribution is -2.82. The molecule has 2 saturated heterocycles. The SMILES string of the molecule is C[N+]12C[Si](C)(C)OCC1(CO)CO[Si](C)(C)C2. The number of fused-ring (bicyclic) bond motifs is 1. The Hall–Kier alpha value is 0.274. The normalized spacial score (nSPS) is 44.1. The number of rotatable bonds is 1. The molecule has 4 nitrogen and oxygen atoms in total. The number of hydrogen-bond acceptors (Lipinski definition) is 3. The van der Waals surface area contributed by atoms with Gasteiger partial charge in [0.1, 0.15) is 6.61 Å². The highest BCUT2D eigenvalue weighted by Gasteiger charge is 2.61. The van der Waals surface area contributed by atoms with Crippen molar-refractivity contribution in [1.82, 2.24) is 0 Å². The van der Waals surface area contributed by atoms with Crippen LogP contribution < -0.4 is 0 Å². The van der Waals surface area contributed by atoms with Crippen molar-refractivity contribution in [3.05, 3.63) is 0 Å².